The van der Waals surface area contributed by atoms with Crippen molar-refractivity contribution in [3.63, 3.8) is 0 Å². The fraction of sp³-hybridized carbons (Fsp3) is 0.158. The first-order valence-corrected chi connectivity index (χ1v) is 8.13. The van der Waals surface area contributed by atoms with E-state index in [0.29, 0.717) is 11.3 Å². The molecule has 0 aliphatic carbocycles. The molecule has 2 heterocycles. The predicted octanol–water partition coefficient (Wildman–Crippen LogP) is -0.00563. The van der Waals surface area contributed by atoms with Crippen molar-refractivity contribution in [2.75, 3.05) is 6.61 Å². The fourth-order valence-electron chi connectivity index (χ4n) is 3.04. The second-order valence-corrected chi connectivity index (χ2v) is 5.93. The normalized spacial score (nSPS) is 19.2. The van der Waals surface area contributed by atoms with Gasteiger partial charge in [-0.2, -0.15) is 4.57 Å². The summed E-state index contributed by atoms with van der Waals surface area (Å²) < 4.78 is 6.99. The summed E-state index contributed by atoms with van der Waals surface area (Å²) in [6.45, 7) is -0.294. The molecule has 27 heavy (non-hydrogen) atoms. The molecular formula is C19H17N4O4+. The lowest BCUT2D eigenvalue weighted by molar-refractivity contribution is -0.711. The number of nitrogens with zero attached hydrogens (tertiary/aromatic N) is 1. The maximum Gasteiger partial charge on any atom is 0.296 e. The van der Waals surface area contributed by atoms with Crippen LogP contribution in [0.2, 0.25) is 0 Å². The van der Waals surface area contributed by atoms with E-state index in [1.165, 1.54) is 0 Å². The van der Waals surface area contributed by atoms with Crippen molar-refractivity contribution in [1.82, 2.24) is 5.32 Å². The molecule has 0 unspecified atom stereocenters. The van der Waals surface area contributed by atoms with Crippen molar-refractivity contribution >= 4 is 23.6 Å². The molecule has 4 N–H and O–H groups in total. The SMILES string of the molecule is N=C=C1C(=O)NC(=O)[C@H]([n+]2ccccc2)[C@H]1c1cccc(OCC(N)=O)c1. The highest BCUT2D eigenvalue weighted by atomic mass is 16.5. The van der Waals surface area contributed by atoms with Crippen LogP contribution >= 0.6 is 0 Å². The molecule has 1 aromatic heterocycles. The second kappa shape index (κ2) is 7.63. The lowest BCUT2D eigenvalue weighted by Crippen LogP contribution is -2.57. The summed E-state index contributed by atoms with van der Waals surface area (Å²) in [6, 6.07) is 11.2. The van der Waals surface area contributed by atoms with Gasteiger partial charge in [-0.1, -0.05) is 18.2 Å². The predicted molar refractivity (Wildman–Crippen MR) is 93.9 cm³/mol. The number of carbonyl (C=O) groups is 3. The van der Waals surface area contributed by atoms with E-state index in [9.17, 15) is 14.4 Å². The lowest BCUT2D eigenvalue weighted by Gasteiger charge is -2.27. The highest BCUT2D eigenvalue weighted by Gasteiger charge is 2.47. The molecule has 1 aliphatic heterocycles. The third kappa shape index (κ3) is 3.75. The van der Waals surface area contributed by atoms with Crippen molar-refractivity contribution in [3.8, 4) is 5.75 Å². The quantitative estimate of drug-likeness (QED) is 0.298. The van der Waals surface area contributed by atoms with E-state index < -0.39 is 29.7 Å². The van der Waals surface area contributed by atoms with Gasteiger partial charge in [0.25, 0.3) is 17.7 Å². The average Bonchev–Trinajstić information content (AvgIpc) is 2.66. The molecule has 3 rings (SSSR count). The zero-order valence-electron chi connectivity index (χ0n) is 14.2. The Morgan fingerprint density at radius 2 is 1.96 bits per heavy atom. The molecule has 1 fully saturated rings. The number of nitrogens with one attached hydrogen (secondary N) is 2. The Morgan fingerprint density at radius 1 is 1.22 bits per heavy atom. The molecule has 8 heteroatoms. The van der Waals surface area contributed by atoms with Gasteiger partial charge in [0.05, 0.1) is 11.5 Å². The number of pyridine rings is 1. The molecule has 2 atom stereocenters. The van der Waals surface area contributed by atoms with Gasteiger partial charge in [-0.15, -0.1) is 0 Å². The number of ether oxygens (including phenoxy) is 1. The molecular weight excluding hydrogens is 348 g/mol. The Hall–Kier alpha value is -3.77. The summed E-state index contributed by atoms with van der Waals surface area (Å²) in [4.78, 5) is 35.8. The van der Waals surface area contributed by atoms with Crippen molar-refractivity contribution in [3.05, 3.63) is 66.0 Å². The van der Waals surface area contributed by atoms with Gasteiger partial charge in [0.1, 0.15) is 5.75 Å². The van der Waals surface area contributed by atoms with Gasteiger partial charge in [0.2, 0.25) is 6.04 Å². The Balaban J connectivity index is 2.08. The van der Waals surface area contributed by atoms with Gasteiger partial charge >= 0.3 is 0 Å². The molecule has 3 amide bonds. The molecule has 0 saturated carbocycles. The summed E-state index contributed by atoms with van der Waals surface area (Å²) >= 11 is 0. The summed E-state index contributed by atoms with van der Waals surface area (Å²) in [5, 5.41) is 9.83. The van der Waals surface area contributed by atoms with Crippen LogP contribution in [0.15, 0.2) is 60.4 Å². The van der Waals surface area contributed by atoms with Crippen LogP contribution in [0.4, 0.5) is 0 Å². The van der Waals surface area contributed by atoms with Crippen LogP contribution in [0.1, 0.15) is 17.5 Å². The third-order valence-electron chi connectivity index (χ3n) is 4.17. The first-order chi connectivity index (χ1) is 13.0. The van der Waals surface area contributed by atoms with Gasteiger partial charge in [0.15, 0.2) is 19.0 Å². The number of piperidine rings is 1. The first kappa shape index (κ1) is 18.0. The number of imide groups is 1. The van der Waals surface area contributed by atoms with E-state index in [2.05, 4.69) is 11.2 Å². The highest BCUT2D eigenvalue weighted by Crippen LogP contribution is 2.36. The minimum absolute atomic E-state index is 0.0306. The minimum Gasteiger partial charge on any atom is -0.484 e. The summed E-state index contributed by atoms with van der Waals surface area (Å²) in [5.74, 6) is 0.0316. The molecule has 2 aromatic rings. The third-order valence-corrected chi connectivity index (χ3v) is 4.17. The van der Waals surface area contributed by atoms with E-state index in [1.807, 2.05) is 6.07 Å². The summed E-state index contributed by atoms with van der Waals surface area (Å²) in [5.41, 5.74) is 5.71. The zero-order chi connectivity index (χ0) is 19.4. The molecule has 0 bridgehead atoms. The molecule has 1 aliphatic rings. The van der Waals surface area contributed by atoms with E-state index in [4.69, 9.17) is 15.9 Å². The molecule has 0 spiro atoms. The number of rotatable bonds is 5. The van der Waals surface area contributed by atoms with Gasteiger partial charge in [-0.05, 0) is 23.6 Å². The monoisotopic (exact) mass is 365 g/mol. The van der Waals surface area contributed by atoms with E-state index in [-0.39, 0.29) is 12.2 Å². The van der Waals surface area contributed by atoms with Crippen LogP contribution in [-0.4, -0.2) is 30.2 Å². The molecule has 1 saturated heterocycles. The minimum atomic E-state index is -0.789. The van der Waals surface area contributed by atoms with E-state index >= 15 is 0 Å². The molecule has 136 valence electrons. The van der Waals surface area contributed by atoms with Crippen LogP contribution < -0.4 is 20.4 Å². The maximum atomic E-state index is 12.6. The maximum absolute atomic E-state index is 12.6. The van der Waals surface area contributed by atoms with E-state index in [0.717, 1.165) is 0 Å². The summed E-state index contributed by atoms with van der Waals surface area (Å²) in [6.07, 6.45) is 3.42. The topological polar surface area (TPSA) is 126 Å². The largest absolute Gasteiger partial charge is 0.484 e. The number of hydrogen-bond acceptors (Lipinski definition) is 5. The Bertz CT molecular complexity index is 951. The number of primary amides is 1. The van der Waals surface area contributed by atoms with Crippen molar-refractivity contribution < 1.29 is 23.7 Å². The molecule has 0 radical (unpaired) electrons. The average molecular weight is 365 g/mol. The zero-order valence-corrected chi connectivity index (χ0v) is 14.2. The highest BCUT2D eigenvalue weighted by molar-refractivity contribution is 6.13. The summed E-state index contributed by atoms with van der Waals surface area (Å²) in [7, 11) is 0. The van der Waals surface area contributed by atoms with Crippen molar-refractivity contribution in [2.24, 2.45) is 5.73 Å². The van der Waals surface area contributed by atoms with Gasteiger partial charge in [-0.3, -0.25) is 25.1 Å². The van der Waals surface area contributed by atoms with Crippen LogP contribution in [0.3, 0.4) is 0 Å². The number of aromatic nitrogens is 1. The van der Waals surface area contributed by atoms with Gasteiger partial charge in [-0.25, -0.2) is 0 Å². The number of amides is 3. The Labute approximate surface area is 154 Å². The Kier molecular flexibility index (Phi) is 5.10. The van der Waals surface area contributed by atoms with Crippen LogP contribution in [0.5, 0.6) is 5.75 Å². The number of nitrogens with two attached hydrogens (primary N) is 1. The lowest BCUT2D eigenvalue weighted by atomic mass is 9.81. The van der Waals surface area contributed by atoms with Crippen LogP contribution in [-0.2, 0) is 14.4 Å². The van der Waals surface area contributed by atoms with Crippen molar-refractivity contribution in [1.29, 1.82) is 5.41 Å². The standard InChI is InChI=1S/C19H16N4O4/c20-10-14-16(12-5-4-6-13(9-12)27-11-15(21)24)17(19(26)22-18(14)25)23-7-2-1-3-8-23/h1-9,16-17,20H,11H2,(H2-,21,22,24,25,26)/p+1/t16-,17+/m0/s1. The molecule has 1 aromatic carbocycles. The van der Waals surface area contributed by atoms with Gasteiger partial charge in [0, 0.05) is 12.1 Å². The fourth-order valence-corrected chi connectivity index (χ4v) is 3.04. The smallest absolute Gasteiger partial charge is 0.296 e. The Morgan fingerprint density at radius 3 is 2.63 bits per heavy atom. The number of hydrogen-bond donors (Lipinski definition) is 3. The first-order valence-electron chi connectivity index (χ1n) is 8.13. The van der Waals surface area contributed by atoms with Crippen LogP contribution in [0.25, 0.3) is 0 Å². The number of benzene rings is 1. The number of carbonyl (C=O) groups excluding carboxylic acids is 3. The van der Waals surface area contributed by atoms with Gasteiger partial charge < -0.3 is 10.5 Å². The second-order valence-electron chi connectivity index (χ2n) is 5.93. The van der Waals surface area contributed by atoms with Crippen molar-refractivity contribution in [2.45, 2.75) is 12.0 Å². The van der Waals surface area contributed by atoms with E-state index in [1.54, 1.807) is 53.4 Å². The molecule has 8 nitrogen and oxygen atoms in total. The van der Waals surface area contributed by atoms with Crippen LogP contribution in [0, 0.1) is 5.41 Å².